The van der Waals surface area contributed by atoms with Crippen molar-refractivity contribution in [2.75, 3.05) is 5.32 Å². The molecule has 3 rings (SSSR count). The minimum atomic E-state index is -4.46. The Hall–Kier alpha value is -3.52. The lowest BCUT2D eigenvalue weighted by Crippen LogP contribution is -2.08. The maximum absolute atomic E-state index is 12.8. The van der Waals surface area contributed by atoms with E-state index in [1.54, 1.807) is 0 Å². The summed E-state index contributed by atoms with van der Waals surface area (Å²) in [5.74, 6) is -1.24. The molecule has 0 unspecified atom stereocenters. The average molecular weight is 436 g/mol. The molecule has 30 heavy (non-hydrogen) atoms. The highest BCUT2D eigenvalue weighted by Crippen LogP contribution is 2.32. The Bertz CT molecular complexity index is 1140. The lowest BCUT2D eigenvalue weighted by atomic mass is 10.1. The summed E-state index contributed by atoms with van der Waals surface area (Å²) in [7, 11) is 0. The summed E-state index contributed by atoms with van der Waals surface area (Å²) in [5, 5.41) is 11.4. The van der Waals surface area contributed by atoms with E-state index in [0.717, 1.165) is 18.2 Å². The number of carbonyl (C=O) groups excluding carboxylic acids is 1. The van der Waals surface area contributed by atoms with E-state index in [-0.39, 0.29) is 27.7 Å². The van der Waals surface area contributed by atoms with Gasteiger partial charge >= 0.3 is 12.1 Å². The van der Waals surface area contributed by atoms with Crippen molar-refractivity contribution in [1.29, 1.82) is 0 Å². The standard InChI is InChI=1S/C21H13ClF3NO4/c22-17-11-14(4-7-16(17)20(28)29)26-19(27)9-6-15-5-8-18(30-15)12-2-1-3-13(10-12)21(23,24)25/h1-11H,(H,26,27)(H,28,29)/b9-6+. The third kappa shape index (κ3) is 5.09. The van der Waals surface area contributed by atoms with Gasteiger partial charge < -0.3 is 14.8 Å². The zero-order valence-corrected chi connectivity index (χ0v) is 15.8. The number of carboxylic acid groups (broad SMARTS) is 1. The normalized spacial score (nSPS) is 11.6. The van der Waals surface area contributed by atoms with Crippen LogP contribution in [-0.4, -0.2) is 17.0 Å². The van der Waals surface area contributed by atoms with Crippen LogP contribution in [-0.2, 0) is 11.0 Å². The van der Waals surface area contributed by atoms with Gasteiger partial charge in [0.15, 0.2) is 0 Å². The van der Waals surface area contributed by atoms with Crippen molar-refractivity contribution < 1.29 is 32.3 Å². The van der Waals surface area contributed by atoms with Gasteiger partial charge in [-0.2, -0.15) is 13.2 Å². The molecule has 3 aromatic rings. The minimum absolute atomic E-state index is 0.0268. The summed E-state index contributed by atoms with van der Waals surface area (Å²) >= 11 is 5.85. The molecule has 154 valence electrons. The SMILES string of the molecule is O=C(/C=C/c1ccc(-c2cccc(C(F)(F)F)c2)o1)Nc1ccc(C(=O)O)c(Cl)c1. The van der Waals surface area contributed by atoms with Gasteiger partial charge in [-0.1, -0.05) is 23.7 Å². The molecule has 0 saturated carbocycles. The molecule has 0 spiro atoms. The molecule has 1 heterocycles. The van der Waals surface area contributed by atoms with Gasteiger partial charge in [-0.25, -0.2) is 4.79 Å². The fourth-order valence-corrected chi connectivity index (χ4v) is 2.82. The number of benzene rings is 2. The fourth-order valence-electron chi connectivity index (χ4n) is 2.55. The molecule has 0 radical (unpaired) electrons. The van der Waals surface area contributed by atoms with Gasteiger partial charge in [0.05, 0.1) is 16.1 Å². The lowest BCUT2D eigenvalue weighted by molar-refractivity contribution is -0.137. The van der Waals surface area contributed by atoms with E-state index < -0.39 is 23.6 Å². The van der Waals surface area contributed by atoms with E-state index in [4.69, 9.17) is 21.1 Å². The molecule has 0 atom stereocenters. The van der Waals surface area contributed by atoms with E-state index in [2.05, 4.69) is 5.32 Å². The summed E-state index contributed by atoms with van der Waals surface area (Å²) in [6.07, 6.45) is -1.96. The van der Waals surface area contributed by atoms with Crippen LogP contribution in [0.3, 0.4) is 0 Å². The molecule has 2 N–H and O–H groups in total. The first-order chi connectivity index (χ1) is 14.1. The van der Waals surface area contributed by atoms with Gasteiger partial charge in [0.25, 0.3) is 0 Å². The van der Waals surface area contributed by atoms with Crippen LogP contribution in [0, 0.1) is 0 Å². The van der Waals surface area contributed by atoms with Crippen molar-refractivity contribution in [2.45, 2.75) is 6.18 Å². The topological polar surface area (TPSA) is 79.5 Å². The lowest BCUT2D eigenvalue weighted by Gasteiger charge is -2.07. The fraction of sp³-hybridized carbons (Fsp3) is 0.0476. The predicted octanol–water partition coefficient (Wildman–Crippen LogP) is 5.97. The predicted molar refractivity (Wildman–Crippen MR) is 105 cm³/mol. The third-order valence-electron chi connectivity index (χ3n) is 3.97. The highest BCUT2D eigenvalue weighted by molar-refractivity contribution is 6.33. The van der Waals surface area contributed by atoms with E-state index in [1.165, 1.54) is 48.5 Å². The van der Waals surface area contributed by atoms with Crippen LogP contribution in [0.2, 0.25) is 5.02 Å². The zero-order chi connectivity index (χ0) is 21.9. The average Bonchev–Trinajstić information content (AvgIpc) is 3.15. The zero-order valence-electron chi connectivity index (χ0n) is 15.0. The van der Waals surface area contributed by atoms with Crippen LogP contribution in [0.25, 0.3) is 17.4 Å². The number of halogens is 4. The second kappa shape index (κ2) is 8.46. The number of alkyl halides is 3. The van der Waals surface area contributed by atoms with Gasteiger partial charge in [-0.3, -0.25) is 4.79 Å². The summed E-state index contributed by atoms with van der Waals surface area (Å²) in [5.41, 5.74) is -0.339. The molecule has 0 saturated heterocycles. The Kier molecular flexibility index (Phi) is 5.98. The van der Waals surface area contributed by atoms with Crippen molar-refractivity contribution in [3.63, 3.8) is 0 Å². The number of furan rings is 1. The van der Waals surface area contributed by atoms with Gasteiger partial charge in [0, 0.05) is 17.3 Å². The van der Waals surface area contributed by atoms with Crippen LogP contribution in [0.1, 0.15) is 21.7 Å². The molecule has 1 amide bonds. The summed E-state index contributed by atoms with van der Waals surface area (Å²) in [6.45, 7) is 0. The first kappa shape index (κ1) is 21.2. The number of anilines is 1. The Morgan fingerprint density at radius 3 is 2.50 bits per heavy atom. The molecule has 0 fully saturated rings. The van der Waals surface area contributed by atoms with Crippen LogP contribution < -0.4 is 5.32 Å². The van der Waals surface area contributed by atoms with Gasteiger partial charge in [0.2, 0.25) is 5.91 Å². The molecule has 0 aliphatic heterocycles. The molecular weight excluding hydrogens is 423 g/mol. The summed E-state index contributed by atoms with van der Waals surface area (Å²) in [4.78, 5) is 23.0. The minimum Gasteiger partial charge on any atom is -0.478 e. The number of rotatable bonds is 5. The van der Waals surface area contributed by atoms with Crippen molar-refractivity contribution in [2.24, 2.45) is 0 Å². The summed E-state index contributed by atoms with van der Waals surface area (Å²) < 4.78 is 44.0. The van der Waals surface area contributed by atoms with Gasteiger partial charge in [-0.05, 0) is 48.5 Å². The molecule has 0 bridgehead atoms. The summed E-state index contributed by atoms with van der Waals surface area (Å²) in [6, 6.07) is 11.7. The van der Waals surface area contributed by atoms with Gasteiger partial charge in [-0.15, -0.1) is 0 Å². The number of hydrogen-bond acceptors (Lipinski definition) is 3. The molecule has 0 aliphatic carbocycles. The molecule has 9 heteroatoms. The monoisotopic (exact) mass is 435 g/mol. The molecule has 1 aromatic heterocycles. The number of amides is 1. The van der Waals surface area contributed by atoms with E-state index in [1.807, 2.05) is 0 Å². The highest BCUT2D eigenvalue weighted by Gasteiger charge is 2.30. The second-order valence-corrected chi connectivity index (χ2v) is 6.51. The van der Waals surface area contributed by atoms with Crippen LogP contribution >= 0.6 is 11.6 Å². The Morgan fingerprint density at radius 2 is 1.83 bits per heavy atom. The number of nitrogens with one attached hydrogen (secondary N) is 1. The van der Waals surface area contributed by atoms with Crippen LogP contribution in [0.4, 0.5) is 18.9 Å². The Labute approximate surface area is 173 Å². The smallest absolute Gasteiger partial charge is 0.416 e. The third-order valence-corrected chi connectivity index (χ3v) is 4.28. The number of carboxylic acids is 1. The van der Waals surface area contributed by atoms with Crippen LogP contribution in [0.5, 0.6) is 0 Å². The van der Waals surface area contributed by atoms with Crippen molar-refractivity contribution in [1.82, 2.24) is 0 Å². The molecule has 2 aromatic carbocycles. The highest BCUT2D eigenvalue weighted by atomic mass is 35.5. The largest absolute Gasteiger partial charge is 0.478 e. The Morgan fingerprint density at radius 1 is 1.07 bits per heavy atom. The number of carbonyl (C=O) groups is 2. The molecule has 5 nitrogen and oxygen atoms in total. The number of hydrogen-bond donors (Lipinski definition) is 2. The van der Waals surface area contributed by atoms with Gasteiger partial charge in [0.1, 0.15) is 11.5 Å². The number of aromatic carboxylic acids is 1. The quantitative estimate of drug-likeness (QED) is 0.484. The maximum Gasteiger partial charge on any atom is 0.416 e. The van der Waals surface area contributed by atoms with Crippen molar-refractivity contribution in [3.05, 3.63) is 82.6 Å². The van der Waals surface area contributed by atoms with E-state index >= 15 is 0 Å². The maximum atomic E-state index is 12.8. The first-order valence-corrected chi connectivity index (χ1v) is 8.80. The molecule has 0 aliphatic rings. The van der Waals surface area contributed by atoms with E-state index in [0.29, 0.717) is 5.69 Å². The Balaban J connectivity index is 1.69. The second-order valence-electron chi connectivity index (χ2n) is 6.10. The molecular formula is C21H13ClF3NO4. The van der Waals surface area contributed by atoms with Crippen molar-refractivity contribution in [3.8, 4) is 11.3 Å². The van der Waals surface area contributed by atoms with Crippen molar-refractivity contribution >= 4 is 35.2 Å². The van der Waals surface area contributed by atoms with Crippen LogP contribution in [0.15, 0.2) is 65.1 Å². The van der Waals surface area contributed by atoms with E-state index in [9.17, 15) is 22.8 Å². The first-order valence-electron chi connectivity index (χ1n) is 8.43.